The average molecular weight is 363 g/mol. The summed E-state index contributed by atoms with van der Waals surface area (Å²) in [4.78, 5) is 33.9. The van der Waals surface area contributed by atoms with Crippen molar-refractivity contribution < 1.29 is 46.5 Å². The molecule has 0 amide bonds. The minimum absolute atomic E-state index is 0.417. The molecular weight excluding hydrogens is 354 g/mol. The molecule has 134 valence electrons. The molecule has 25 heavy (non-hydrogen) atoms. The molecule has 1 fully saturated rings. The van der Waals surface area contributed by atoms with Gasteiger partial charge < -0.3 is 19.9 Å². The summed E-state index contributed by atoms with van der Waals surface area (Å²) in [5.41, 5.74) is -4.11. The second-order valence-electron chi connectivity index (χ2n) is 5.19. The quantitative estimate of drug-likeness (QED) is 0.279. The molecule has 0 atom stereocenters. The molecule has 0 saturated carbocycles. The van der Waals surface area contributed by atoms with Gasteiger partial charge in [-0.25, -0.2) is 31.9 Å². The molecule has 0 radical (unpaired) electrons. The van der Waals surface area contributed by atoms with Crippen molar-refractivity contribution in [1.29, 1.82) is 0 Å². The number of benzene rings is 1. The molecule has 1 aromatic carbocycles. The summed E-state index contributed by atoms with van der Waals surface area (Å²) in [5.74, 6) is -14.7. The van der Waals surface area contributed by atoms with Crippen molar-refractivity contribution in [2.45, 2.75) is 19.6 Å². The third-order valence-electron chi connectivity index (χ3n) is 2.95. The topological polar surface area (TPSA) is 102 Å². The van der Waals surface area contributed by atoms with Crippen LogP contribution in [0.2, 0.25) is 0 Å². The Balaban J connectivity index is 2.44. The first-order valence-electron chi connectivity index (χ1n) is 6.49. The van der Waals surface area contributed by atoms with Crippen LogP contribution >= 0.6 is 0 Å². The van der Waals surface area contributed by atoms with Crippen molar-refractivity contribution in [1.82, 2.24) is 0 Å². The second-order valence-corrected chi connectivity index (χ2v) is 5.19. The van der Waals surface area contributed by atoms with E-state index in [4.69, 9.17) is 14.6 Å². The first-order valence-corrected chi connectivity index (χ1v) is 6.49. The Kier molecular flexibility index (Phi) is 4.43. The van der Waals surface area contributed by atoms with Crippen molar-refractivity contribution in [3.05, 3.63) is 40.6 Å². The minimum atomic E-state index is -2.22. The van der Waals surface area contributed by atoms with Crippen LogP contribution in [0.1, 0.15) is 24.2 Å². The first-order chi connectivity index (χ1) is 11.5. The maximum Gasteiger partial charge on any atom is 0.350 e. The number of halogens is 4. The molecule has 2 rings (SSSR count). The third kappa shape index (κ3) is 3.25. The Hall–Kier alpha value is -3.11. The van der Waals surface area contributed by atoms with Crippen LogP contribution in [-0.2, 0) is 19.1 Å². The summed E-state index contributed by atoms with van der Waals surface area (Å²) in [6.45, 7) is 2.50. The van der Waals surface area contributed by atoms with E-state index >= 15 is 0 Å². The fraction of sp³-hybridized carbons (Fsp3) is 0.214. The smallest absolute Gasteiger partial charge is 0.350 e. The summed E-state index contributed by atoms with van der Waals surface area (Å²) in [7, 11) is 0. The summed E-state index contributed by atoms with van der Waals surface area (Å²) in [6.07, 6.45) is 0.417. The van der Waals surface area contributed by atoms with Gasteiger partial charge >= 0.3 is 17.9 Å². The van der Waals surface area contributed by atoms with Gasteiger partial charge in [-0.2, -0.15) is 0 Å². The van der Waals surface area contributed by atoms with Crippen LogP contribution in [0.3, 0.4) is 0 Å². The zero-order chi connectivity index (χ0) is 19.1. The lowest BCUT2D eigenvalue weighted by Gasteiger charge is -2.29. The molecule has 7 nitrogen and oxygen atoms in total. The van der Waals surface area contributed by atoms with E-state index in [0.29, 0.717) is 6.20 Å². The maximum atomic E-state index is 13.8. The number of hydrogen-bond acceptors (Lipinski definition) is 6. The van der Waals surface area contributed by atoms with Crippen LogP contribution in [0.4, 0.5) is 23.2 Å². The highest BCUT2D eigenvalue weighted by Gasteiger charge is 2.39. The molecule has 1 heterocycles. The van der Waals surface area contributed by atoms with Crippen LogP contribution in [0.5, 0.6) is 0 Å². The van der Waals surface area contributed by atoms with Crippen LogP contribution in [-0.4, -0.2) is 28.8 Å². The number of carboxylic acids is 1. The lowest BCUT2D eigenvalue weighted by molar-refractivity contribution is -0.222. The first kappa shape index (κ1) is 18.2. The molecule has 1 aromatic rings. The fourth-order valence-electron chi connectivity index (χ4n) is 1.87. The zero-order valence-corrected chi connectivity index (χ0v) is 12.6. The summed E-state index contributed by atoms with van der Waals surface area (Å²) < 4.78 is 64.1. The highest BCUT2D eigenvalue weighted by molar-refractivity contribution is 6.15. The zero-order valence-electron chi connectivity index (χ0n) is 12.6. The van der Waals surface area contributed by atoms with Gasteiger partial charge in [0.1, 0.15) is 11.3 Å². The Labute approximate surface area is 136 Å². The Morgan fingerprint density at radius 1 is 1.00 bits per heavy atom. The molecule has 0 unspecified atom stereocenters. The van der Waals surface area contributed by atoms with Crippen molar-refractivity contribution in [2.75, 3.05) is 5.32 Å². The normalized spacial score (nSPS) is 16.2. The van der Waals surface area contributed by atoms with Gasteiger partial charge in [0.2, 0.25) is 0 Å². The van der Waals surface area contributed by atoms with Gasteiger partial charge in [-0.15, -0.1) is 0 Å². The van der Waals surface area contributed by atoms with Gasteiger partial charge in [0, 0.05) is 20.0 Å². The molecule has 1 saturated heterocycles. The van der Waals surface area contributed by atoms with E-state index in [-0.39, 0.29) is 0 Å². The molecule has 0 aliphatic carbocycles. The van der Waals surface area contributed by atoms with Crippen LogP contribution < -0.4 is 5.32 Å². The molecule has 0 aromatic heterocycles. The summed E-state index contributed by atoms with van der Waals surface area (Å²) in [6, 6.07) is 0. The number of esters is 2. The summed E-state index contributed by atoms with van der Waals surface area (Å²) >= 11 is 0. The Morgan fingerprint density at radius 2 is 1.44 bits per heavy atom. The SMILES string of the molecule is CC1(C)OC(=O)C(=CNc2c(F)c(F)c(C(=O)O)c(F)c2F)C(=O)O1. The van der Waals surface area contributed by atoms with Crippen LogP contribution in [0.25, 0.3) is 0 Å². The van der Waals surface area contributed by atoms with E-state index in [1.165, 1.54) is 13.8 Å². The number of rotatable bonds is 3. The monoisotopic (exact) mass is 363 g/mol. The highest BCUT2D eigenvalue weighted by Crippen LogP contribution is 2.29. The number of nitrogens with one attached hydrogen (secondary N) is 1. The number of carbonyl (C=O) groups is 3. The lowest BCUT2D eigenvalue weighted by atomic mass is 10.1. The number of anilines is 1. The second kappa shape index (κ2) is 6.07. The van der Waals surface area contributed by atoms with E-state index < -0.39 is 63.8 Å². The van der Waals surface area contributed by atoms with Gasteiger partial charge in [-0.1, -0.05) is 0 Å². The van der Waals surface area contributed by atoms with Gasteiger partial charge in [0.15, 0.2) is 28.8 Å². The van der Waals surface area contributed by atoms with Crippen molar-refractivity contribution in [2.24, 2.45) is 0 Å². The van der Waals surface area contributed by atoms with E-state index in [0.717, 1.165) is 0 Å². The molecule has 0 spiro atoms. The number of cyclic esters (lactones) is 2. The van der Waals surface area contributed by atoms with Gasteiger partial charge in [-0.05, 0) is 0 Å². The van der Waals surface area contributed by atoms with Gasteiger partial charge in [0.05, 0.1) is 0 Å². The fourth-order valence-corrected chi connectivity index (χ4v) is 1.87. The van der Waals surface area contributed by atoms with Gasteiger partial charge in [0.25, 0.3) is 5.79 Å². The number of carbonyl (C=O) groups excluding carboxylic acids is 2. The average Bonchev–Trinajstić information content (AvgIpc) is 2.46. The molecule has 11 heteroatoms. The number of carboxylic acid groups (broad SMARTS) is 1. The van der Waals surface area contributed by atoms with E-state index in [2.05, 4.69) is 0 Å². The Morgan fingerprint density at radius 3 is 1.84 bits per heavy atom. The maximum absolute atomic E-state index is 13.8. The Bertz CT molecular complexity index is 782. The predicted octanol–water partition coefficient (Wildman–Crippen LogP) is 2.07. The molecule has 0 bridgehead atoms. The van der Waals surface area contributed by atoms with Crippen LogP contribution in [0.15, 0.2) is 11.8 Å². The minimum Gasteiger partial charge on any atom is -0.477 e. The highest BCUT2D eigenvalue weighted by atomic mass is 19.2. The standard InChI is InChI=1S/C14H9F4NO6/c1-14(2)24-12(22)4(13(23)25-14)3-19-10-8(17)6(15)5(11(20)21)7(16)9(10)18/h3,19H,1-2H3,(H,20,21). The third-order valence-corrected chi connectivity index (χ3v) is 2.95. The molecular formula is C14H9F4NO6. The molecule has 1 aliphatic rings. The lowest BCUT2D eigenvalue weighted by Crippen LogP contribution is -2.42. The molecule has 2 N–H and O–H groups in total. The largest absolute Gasteiger partial charge is 0.477 e. The van der Waals surface area contributed by atoms with Crippen molar-refractivity contribution >= 4 is 23.6 Å². The van der Waals surface area contributed by atoms with E-state index in [1.807, 2.05) is 0 Å². The number of aromatic carboxylic acids is 1. The summed E-state index contributed by atoms with van der Waals surface area (Å²) in [5, 5.41) is 10.3. The van der Waals surface area contributed by atoms with Crippen molar-refractivity contribution in [3.63, 3.8) is 0 Å². The number of hydrogen-bond donors (Lipinski definition) is 2. The molecule has 1 aliphatic heterocycles. The van der Waals surface area contributed by atoms with Crippen LogP contribution in [0, 0.1) is 23.3 Å². The number of ether oxygens (including phenoxy) is 2. The van der Waals surface area contributed by atoms with E-state index in [9.17, 15) is 31.9 Å². The van der Waals surface area contributed by atoms with Crippen molar-refractivity contribution in [3.8, 4) is 0 Å². The van der Waals surface area contributed by atoms with Gasteiger partial charge in [-0.3, -0.25) is 0 Å². The predicted molar refractivity (Wildman–Crippen MR) is 71.2 cm³/mol. The van der Waals surface area contributed by atoms with E-state index in [1.54, 1.807) is 5.32 Å².